The molecule has 1 aromatic carbocycles. The number of nitrogens with one attached hydrogen (secondary N) is 1. The van der Waals surface area contributed by atoms with E-state index in [1.54, 1.807) is 0 Å². The summed E-state index contributed by atoms with van der Waals surface area (Å²) in [6, 6.07) is 12.6. The van der Waals surface area contributed by atoms with Gasteiger partial charge in [0.05, 0.1) is 12.6 Å². The second kappa shape index (κ2) is 7.79. The summed E-state index contributed by atoms with van der Waals surface area (Å²) in [5, 5.41) is 3.35. The molecule has 0 radical (unpaired) electrons. The maximum atomic E-state index is 5.70. The number of hydrogen-bond donors (Lipinski definition) is 1. The van der Waals surface area contributed by atoms with Gasteiger partial charge in [0, 0.05) is 11.9 Å². The van der Waals surface area contributed by atoms with Crippen molar-refractivity contribution in [3.63, 3.8) is 0 Å². The second-order valence-electron chi connectivity index (χ2n) is 5.23. The second-order valence-corrected chi connectivity index (χ2v) is 5.23. The van der Waals surface area contributed by atoms with Crippen molar-refractivity contribution in [2.75, 3.05) is 13.7 Å². The molecule has 0 fully saturated rings. The topological polar surface area (TPSA) is 34.1 Å². The molecule has 1 unspecified atom stereocenters. The molecule has 1 aromatic heterocycles. The van der Waals surface area contributed by atoms with Crippen molar-refractivity contribution in [3.05, 3.63) is 59.4 Å². The molecule has 0 aliphatic carbocycles. The first kappa shape index (κ1) is 15.5. The molecule has 0 spiro atoms. The third-order valence-corrected chi connectivity index (χ3v) is 3.54. The Morgan fingerprint density at radius 2 is 1.81 bits per heavy atom. The molecule has 0 aliphatic heterocycles. The largest absolute Gasteiger partial charge is 0.494 e. The maximum absolute atomic E-state index is 5.70. The number of nitrogens with zero attached hydrogens (tertiary/aromatic N) is 1. The highest BCUT2D eigenvalue weighted by Crippen LogP contribution is 2.23. The van der Waals surface area contributed by atoms with E-state index < -0.39 is 0 Å². The lowest BCUT2D eigenvalue weighted by molar-refractivity contribution is 0.309. The zero-order chi connectivity index (χ0) is 15.1. The SMILES string of the molecule is CCCCOc1ccc(C(NC)c2ccc(C)nc2)cc1. The Morgan fingerprint density at radius 1 is 1.10 bits per heavy atom. The fraction of sp³-hybridized carbons (Fsp3) is 0.389. The number of rotatable bonds is 7. The minimum Gasteiger partial charge on any atom is -0.494 e. The van der Waals surface area contributed by atoms with Gasteiger partial charge in [-0.3, -0.25) is 4.98 Å². The molecule has 3 heteroatoms. The van der Waals surface area contributed by atoms with Gasteiger partial charge < -0.3 is 10.1 Å². The summed E-state index contributed by atoms with van der Waals surface area (Å²) in [6.07, 6.45) is 4.18. The quantitative estimate of drug-likeness (QED) is 0.784. The van der Waals surface area contributed by atoms with Gasteiger partial charge >= 0.3 is 0 Å². The van der Waals surface area contributed by atoms with Crippen molar-refractivity contribution in [3.8, 4) is 5.75 Å². The van der Waals surface area contributed by atoms with Crippen LogP contribution in [0.2, 0.25) is 0 Å². The van der Waals surface area contributed by atoms with Gasteiger partial charge in [-0.15, -0.1) is 0 Å². The molecule has 3 nitrogen and oxygen atoms in total. The van der Waals surface area contributed by atoms with Gasteiger partial charge in [0.25, 0.3) is 0 Å². The van der Waals surface area contributed by atoms with Crippen LogP contribution in [0.15, 0.2) is 42.6 Å². The van der Waals surface area contributed by atoms with E-state index in [0.717, 1.165) is 30.9 Å². The number of hydrogen-bond acceptors (Lipinski definition) is 3. The normalized spacial score (nSPS) is 12.1. The monoisotopic (exact) mass is 284 g/mol. The Labute approximate surface area is 127 Å². The average Bonchev–Trinajstić information content (AvgIpc) is 2.52. The smallest absolute Gasteiger partial charge is 0.119 e. The minimum absolute atomic E-state index is 0.155. The lowest BCUT2D eigenvalue weighted by atomic mass is 10.00. The number of pyridine rings is 1. The highest BCUT2D eigenvalue weighted by Gasteiger charge is 2.12. The summed E-state index contributed by atoms with van der Waals surface area (Å²) < 4.78 is 5.70. The predicted octanol–water partition coefficient (Wildman–Crippen LogP) is 3.88. The van der Waals surface area contributed by atoms with Crippen LogP contribution in [0.5, 0.6) is 5.75 Å². The van der Waals surface area contributed by atoms with E-state index >= 15 is 0 Å². The summed E-state index contributed by atoms with van der Waals surface area (Å²) in [5.41, 5.74) is 3.42. The van der Waals surface area contributed by atoms with Gasteiger partial charge in [0.15, 0.2) is 0 Å². The van der Waals surface area contributed by atoms with Gasteiger partial charge in [0.2, 0.25) is 0 Å². The van der Waals surface area contributed by atoms with Crippen LogP contribution in [0, 0.1) is 6.92 Å². The summed E-state index contributed by atoms with van der Waals surface area (Å²) >= 11 is 0. The van der Waals surface area contributed by atoms with Crippen LogP contribution in [0.25, 0.3) is 0 Å². The van der Waals surface area contributed by atoms with E-state index in [0.29, 0.717) is 0 Å². The van der Waals surface area contributed by atoms with Crippen LogP contribution < -0.4 is 10.1 Å². The Kier molecular flexibility index (Phi) is 5.76. The fourth-order valence-electron chi connectivity index (χ4n) is 2.27. The van der Waals surface area contributed by atoms with E-state index in [1.807, 2.05) is 38.4 Å². The van der Waals surface area contributed by atoms with Crippen molar-refractivity contribution >= 4 is 0 Å². The van der Waals surface area contributed by atoms with Crippen molar-refractivity contribution in [2.24, 2.45) is 0 Å². The molecule has 0 aliphatic rings. The molecule has 0 saturated heterocycles. The Hall–Kier alpha value is -1.87. The lowest BCUT2D eigenvalue weighted by Crippen LogP contribution is -2.17. The van der Waals surface area contributed by atoms with E-state index in [-0.39, 0.29) is 6.04 Å². The summed E-state index contributed by atoms with van der Waals surface area (Å²) in [4.78, 5) is 4.38. The van der Waals surface area contributed by atoms with Crippen LogP contribution >= 0.6 is 0 Å². The predicted molar refractivity (Wildman–Crippen MR) is 86.7 cm³/mol. The maximum Gasteiger partial charge on any atom is 0.119 e. The van der Waals surface area contributed by atoms with Gasteiger partial charge in [-0.05, 0) is 49.7 Å². The molecule has 1 N–H and O–H groups in total. The first-order chi connectivity index (χ1) is 10.2. The molecule has 112 valence electrons. The molecule has 0 amide bonds. The third kappa shape index (κ3) is 4.30. The first-order valence-electron chi connectivity index (χ1n) is 7.57. The molecule has 1 heterocycles. The molecule has 2 aromatic rings. The first-order valence-corrected chi connectivity index (χ1v) is 7.57. The highest BCUT2D eigenvalue weighted by molar-refractivity contribution is 5.34. The zero-order valence-electron chi connectivity index (χ0n) is 13.1. The van der Waals surface area contributed by atoms with Crippen LogP contribution in [0.3, 0.4) is 0 Å². The van der Waals surface area contributed by atoms with Crippen LogP contribution in [-0.4, -0.2) is 18.6 Å². The van der Waals surface area contributed by atoms with Gasteiger partial charge in [0.1, 0.15) is 5.75 Å². The molecule has 0 bridgehead atoms. The number of unbranched alkanes of at least 4 members (excludes halogenated alkanes) is 1. The van der Waals surface area contributed by atoms with E-state index in [1.165, 1.54) is 11.1 Å². The molecule has 2 rings (SSSR count). The highest BCUT2D eigenvalue weighted by atomic mass is 16.5. The van der Waals surface area contributed by atoms with Crippen molar-refractivity contribution in [1.82, 2.24) is 10.3 Å². The van der Waals surface area contributed by atoms with Crippen LogP contribution in [-0.2, 0) is 0 Å². The number of ether oxygens (including phenoxy) is 1. The van der Waals surface area contributed by atoms with E-state index in [2.05, 4.69) is 35.4 Å². The summed E-state index contributed by atoms with van der Waals surface area (Å²) in [7, 11) is 1.97. The minimum atomic E-state index is 0.155. The number of benzene rings is 1. The van der Waals surface area contributed by atoms with Crippen LogP contribution in [0.4, 0.5) is 0 Å². The van der Waals surface area contributed by atoms with Crippen molar-refractivity contribution in [1.29, 1.82) is 0 Å². The summed E-state index contributed by atoms with van der Waals surface area (Å²) in [5.74, 6) is 0.934. The van der Waals surface area contributed by atoms with Crippen LogP contribution in [0.1, 0.15) is 42.6 Å². The van der Waals surface area contributed by atoms with Crippen molar-refractivity contribution in [2.45, 2.75) is 32.7 Å². The molecule has 0 saturated carbocycles. The van der Waals surface area contributed by atoms with E-state index in [4.69, 9.17) is 4.74 Å². The molecular weight excluding hydrogens is 260 g/mol. The molecule has 21 heavy (non-hydrogen) atoms. The summed E-state index contributed by atoms with van der Waals surface area (Å²) in [6.45, 7) is 4.95. The lowest BCUT2D eigenvalue weighted by Gasteiger charge is -2.17. The Balaban J connectivity index is 2.09. The molecular formula is C18H24N2O. The third-order valence-electron chi connectivity index (χ3n) is 3.54. The Morgan fingerprint density at radius 3 is 2.38 bits per heavy atom. The Bertz CT molecular complexity index is 534. The fourth-order valence-corrected chi connectivity index (χ4v) is 2.27. The number of aromatic nitrogens is 1. The zero-order valence-corrected chi connectivity index (χ0v) is 13.1. The standard InChI is InChI=1S/C18H24N2O/c1-4-5-12-21-17-10-8-15(9-11-17)18(19-3)16-7-6-14(2)20-13-16/h6-11,13,18-19H,4-5,12H2,1-3H3. The number of aryl methyl sites for hydroxylation is 1. The van der Waals surface area contributed by atoms with Gasteiger partial charge in [-0.1, -0.05) is 31.5 Å². The van der Waals surface area contributed by atoms with Crippen molar-refractivity contribution < 1.29 is 4.74 Å². The van der Waals surface area contributed by atoms with E-state index in [9.17, 15) is 0 Å². The molecule has 1 atom stereocenters. The average molecular weight is 284 g/mol. The van der Waals surface area contributed by atoms with Gasteiger partial charge in [-0.25, -0.2) is 0 Å². The van der Waals surface area contributed by atoms with Gasteiger partial charge in [-0.2, -0.15) is 0 Å².